The maximum atomic E-state index is 12.2. The van der Waals surface area contributed by atoms with Crippen molar-refractivity contribution in [2.75, 3.05) is 0 Å². The molecule has 279 valence electrons. The third-order valence-electron chi connectivity index (χ3n) is 11.0. The fraction of sp³-hybridized carbons (Fsp3) is 0.426. The number of aromatic nitrogens is 2. The summed E-state index contributed by atoms with van der Waals surface area (Å²) >= 11 is 0. The smallest absolute Gasteiger partial charge is 0.164 e. The Bertz CT molecular complexity index is 1980. The van der Waals surface area contributed by atoms with E-state index in [0.29, 0.717) is 5.92 Å². The number of carbonyl (C=O) groups is 1. The number of ketones is 1. The van der Waals surface area contributed by atoms with Gasteiger partial charge in [-0.3, -0.25) is 9.78 Å². The Balaban J connectivity index is 0.000000347. The minimum absolute atomic E-state index is 0. The number of carbonyl (C=O) groups excluding carboxylic acids is 1. The van der Waals surface area contributed by atoms with Crippen molar-refractivity contribution in [1.29, 1.82) is 0 Å². The summed E-state index contributed by atoms with van der Waals surface area (Å²) in [6, 6.07) is 27.6. The van der Waals surface area contributed by atoms with Gasteiger partial charge in [-0.1, -0.05) is 147 Å². The van der Waals surface area contributed by atoms with Gasteiger partial charge in [0.15, 0.2) is 5.78 Å². The molecule has 3 aromatic carbocycles. The second-order valence-corrected chi connectivity index (χ2v) is 16.1. The Morgan fingerprint density at radius 2 is 1.44 bits per heavy atom. The molecular formula is C47H59IrN2O2-. The van der Waals surface area contributed by atoms with E-state index >= 15 is 0 Å². The summed E-state index contributed by atoms with van der Waals surface area (Å²) in [5.41, 5.74) is 7.42. The van der Waals surface area contributed by atoms with Crippen LogP contribution in [0.3, 0.4) is 0 Å². The SMILES string of the molecule is CC(C)Cc1ccc(-c2cc(-c3[c-]c4cnccc4c(C(C)(C)C)c3)nc3ccccc23)cc1.CCC(C)(CC)C(=O)/C=C(\O)C(C)(CC)CC.[Ir]. The predicted octanol–water partition coefficient (Wildman–Crippen LogP) is 13.1. The molecule has 5 rings (SSSR count). The minimum Gasteiger partial charge on any atom is -0.512 e. The van der Waals surface area contributed by atoms with E-state index in [2.05, 4.69) is 112 Å². The molecule has 0 aliphatic rings. The van der Waals surface area contributed by atoms with Crippen LogP contribution >= 0.6 is 0 Å². The van der Waals surface area contributed by atoms with E-state index in [1.807, 2.05) is 53.9 Å². The van der Waals surface area contributed by atoms with E-state index in [1.54, 1.807) is 0 Å². The Kier molecular flexibility index (Phi) is 14.7. The fourth-order valence-corrected chi connectivity index (χ4v) is 6.42. The van der Waals surface area contributed by atoms with Crippen LogP contribution in [0.1, 0.15) is 113 Å². The van der Waals surface area contributed by atoms with Gasteiger partial charge >= 0.3 is 0 Å². The van der Waals surface area contributed by atoms with E-state index < -0.39 is 0 Å². The van der Waals surface area contributed by atoms with Gasteiger partial charge in [-0.2, -0.15) is 0 Å². The normalized spacial score (nSPS) is 12.4. The molecule has 0 amide bonds. The van der Waals surface area contributed by atoms with Crippen LogP contribution in [0.15, 0.2) is 91.0 Å². The first-order valence-electron chi connectivity index (χ1n) is 18.8. The first-order chi connectivity index (χ1) is 24.1. The van der Waals surface area contributed by atoms with Crippen LogP contribution in [-0.2, 0) is 36.7 Å². The Morgan fingerprint density at radius 1 is 0.827 bits per heavy atom. The summed E-state index contributed by atoms with van der Waals surface area (Å²) in [4.78, 5) is 21.6. The summed E-state index contributed by atoms with van der Waals surface area (Å²) in [6.45, 7) is 23.4. The quantitative estimate of drug-likeness (QED) is 0.0816. The van der Waals surface area contributed by atoms with E-state index in [9.17, 15) is 9.90 Å². The fourth-order valence-electron chi connectivity index (χ4n) is 6.42. The number of nitrogens with zero attached hydrogens (tertiary/aromatic N) is 2. The van der Waals surface area contributed by atoms with Crippen molar-refractivity contribution < 1.29 is 30.0 Å². The summed E-state index contributed by atoms with van der Waals surface area (Å²) in [7, 11) is 0. The zero-order chi connectivity index (χ0) is 37.6. The number of hydrogen-bond donors (Lipinski definition) is 1. The molecule has 5 aromatic rings. The molecule has 0 saturated carbocycles. The van der Waals surface area contributed by atoms with E-state index in [0.717, 1.165) is 54.3 Å². The summed E-state index contributed by atoms with van der Waals surface area (Å²) in [5, 5.41) is 13.5. The van der Waals surface area contributed by atoms with Gasteiger partial charge in [0.05, 0.1) is 5.52 Å². The van der Waals surface area contributed by atoms with Crippen LogP contribution < -0.4 is 0 Å². The van der Waals surface area contributed by atoms with Crippen molar-refractivity contribution >= 4 is 27.5 Å². The van der Waals surface area contributed by atoms with Crippen LogP contribution in [0.5, 0.6) is 0 Å². The molecule has 0 fully saturated rings. The second kappa shape index (κ2) is 17.9. The Morgan fingerprint density at radius 3 is 2.02 bits per heavy atom. The monoisotopic (exact) mass is 876 g/mol. The molecule has 5 heteroatoms. The Labute approximate surface area is 326 Å². The van der Waals surface area contributed by atoms with Crippen LogP contribution in [0, 0.1) is 22.8 Å². The molecule has 0 aliphatic carbocycles. The molecule has 2 heterocycles. The van der Waals surface area contributed by atoms with Crippen LogP contribution in [0.25, 0.3) is 44.1 Å². The van der Waals surface area contributed by atoms with Gasteiger partial charge in [0.25, 0.3) is 0 Å². The number of fused-ring (bicyclic) bond motifs is 2. The molecule has 2 aromatic heterocycles. The van der Waals surface area contributed by atoms with Gasteiger partial charge in [0.2, 0.25) is 0 Å². The zero-order valence-electron chi connectivity index (χ0n) is 33.3. The van der Waals surface area contributed by atoms with E-state index in [-0.39, 0.29) is 47.9 Å². The molecule has 0 bridgehead atoms. The number of para-hydroxylation sites is 1. The molecule has 52 heavy (non-hydrogen) atoms. The maximum Gasteiger partial charge on any atom is 0.164 e. The average Bonchev–Trinajstić information content (AvgIpc) is 3.13. The molecule has 1 N–H and O–H groups in total. The standard InChI is InChI=1S/C32H31N2.C15H28O2.Ir/c1-21(2)16-22-10-12-23(13-11-22)28-19-31(34-30-9-7-6-8-27(28)30)24-17-25-20-33-15-14-26(25)29(18-24)32(3,4)5;1-7-14(5,8-2)12(16)11-13(17)15(6,9-3)10-4;/h6-15,18-21H,16H2,1-5H3;11,16H,7-10H2,1-6H3;/q-1;;/b;12-11-;. The van der Waals surface area contributed by atoms with Crippen LogP contribution in [-0.4, -0.2) is 20.9 Å². The van der Waals surface area contributed by atoms with Gasteiger partial charge in [-0.15, -0.1) is 17.7 Å². The van der Waals surface area contributed by atoms with E-state index in [1.165, 1.54) is 39.1 Å². The largest absolute Gasteiger partial charge is 0.512 e. The molecule has 0 unspecified atom stereocenters. The van der Waals surface area contributed by atoms with E-state index in [4.69, 9.17) is 4.98 Å². The van der Waals surface area contributed by atoms with Crippen molar-refractivity contribution in [2.24, 2.45) is 16.7 Å². The number of hydrogen-bond acceptors (Lipinski definition) is 4. The topological polar surface area (TPSA) is 63.1 Å². The van der Waals surface area contributed by atoms with Crippen molar-refractivity contribution in [3.63, 3.8) is 0 Å². The van der Waals surface area contributed by atoms with Crippen LogP contribution in [0.4, 0.5) is 0 Å². The average molecular weight is 876 g/mol. The van der Waals surface area contributed by atoms with Crippen LogP contribution in [0.2, 0.25) is 0 Å². The molecule has 1 radical (unpaired) electrons. The van der Waals surface area contributed by atoms with Gasteiger partial charge in [0.1, 0.15) is 5.76 Å². The first kappa shape index (κ1) is 42.7. The number of benzene rings is 3. The number of aliphatic hydroxyl groups is 1. The first-order valence-corrected chi connectivity index (χ1v) is 18.8. The van der Waals surface area contributed by atoms with Gasteiger partial charge in [-0.05, 0) is 72.4 Å². The molecular weight excluding hydrogens is 817 g/mol. The van der Waals surface area contributed by atoms with Crippen molar-refractivity contribution in [2.45, 2.75) is 114 Å². The number of rotatable bonds is 11. The number of aliphatic hydroxyl groups excluding tert-OH is 1. The number of pyridine rings is 2. The third kappa shape index (κ3) is 9.85. The second-order valence-electron chi connectivity index (χ2n) is 16.1. The zero-order valence-corrected chi connectivity index (χ0v) is 35.7. The third-order valence-corrected chi connectivity index (χ3v) is 11.0. The minimum atomic E-state index is -0.337. The number of allylic oxidation sites excluding steroid dienone is 2. The summed E-state index contributed by atoms with van der Waals surface area (Å²) < 4.78 is 0. The van der Waals surface area contributed by atoms with Crippen molar-refractivity contribution in [3.05, 3.63) is 108 Å². The van der Waals surface area contributed by atoms with Gasteiger partial charge in [-0.25, -0.2) is 0 Å². The summed E-state index contributed by atoms with van der Waals surface area (Å²) in [6.07, 6.45) is 9.62. The summed E-state index contributed by atoms with van der Waals surface area (Å²) in [5.74, 6) is 0.933. The molecule has 4 nitrogen and oxygen atoms in total. The van der Waals surface area contributed by atoms with Crippen molar-refractivity contribution in [3.8, 4) is 22.4 Å². The predicted molar refractivity (Wildman–Crippen MR) is 217 cm³/mol. The van der Waals surface area contributed by atoms with Gasteiger partial charge < -0.3 is 10.1 Å². The molecule has 0 spiro atoms. The van der Waals surface area contributed by atoms with Crippen molar-refractivity contribution in [1.82, 2.24) is 9.97 Å². The molecule has 0 atom stereocenters. The molecule has 0 aliphatic heterocycles. The molecule has 0 saturated heterocycles. The Hall–Kier alpha value is -3.66. The van der Waals surface area contributed by atoms with Gasteiger partial charge in [0, 0.05) is 54.3 Å². The maximum absolute atomic E-state index is 12.2.